The summed E-state index contributed by atoms with van der Waals surface area (Å²) in [6, 6.07) is 5.93. The zero-order valence-electron chi connectivity index (χ0n) is 16.0. The van der Waals surface area contributed by atoms with Gasteiger partial charge in [0.15, 0.2) is 0 Å². The van der Waals surface area contributed by atoms with E-state index in [4.69, 9.17) is 5.11 Å². The van der Waals surface area contributed by atoms with Crippen LogP contribution in [0.25, 0.3) is 11.0 Å². The van der Waals surface area contributed by atoms with Gasteiger partial charge in [0, 0.05) is 43.0 Å². The lowest BCUT2D eigenvalue weighted by Crippen LogP contribution is -2.33. The molecule has 7 nitrogen and oxygen atoms in total. The number of carbonyl (C=O) groups is 1. The van der Waals surface area contributed by atoms with Gasteiger partial charge in [0.2, 0.25) is 0 Å². The fraction of sp³-hybridized carbons (Fsp3) is 0.450. The number of aromatic nitrogens is 4. The van der Waals surface area contributed by atoms with Crippen molar-refractivity contribution in [2.75, 3.05) is 6.61 Å². The van der Waals surface area contributed by atoms with E-state index in [9.17, 15) is 4.79 Å². The number of amides is 1. The van der Waals surface area contributed by atoms with E-state index in [0.29, 0.717) is 24.7 Å². The Morgan fingerprint density at radius 3 is 2.74 bits per heavy atom. The van der Waals surface area contributed by atoms with Crippen LogP contribution in [0.4, 0.5) is 0 Å². The molecule has 1 saturated carbocycles. The number of hydrogen-bond donors (Lipinski definition) is 1. The SMILES string of the molecule is Cc1nn(C)c(C)c1CN(C(=O)c1ccc2c(c1)ncn2CCO)C1CC1. The summed E-state index contributed by atoms with van der Waals surface area (Å²) in [4.78, 5) is 19.6. The number of aryl methyl sites for hydroxylation is 2. The van der Waals surface area contributed by atoms with E-state index < -0.39 is 0 Å². The van der Waals surface area contributed by atoms with Crippen molar-refractivity contribution in [3.05, 3.63) is 47.0 Å². The standard InChI is InChI=1S/C20H25N5O2/c1-13-17(14(2)23(3)22-13)11-25(16-5-6-16)20(27)15-4-7-19-18(10-15)21-12-24(19)8-9-26/h4,7,10,12,16,26H,5-6,8-9,11H2,1-3H3. The van der Waals surface area contributed by atoms with Crippen LogP contribution in [0, 0.1) is 13.8 Å². The summed E-state index contributed by atoms with van der Waals surface area (Å²) in [6.07, 6.45) is 3.81. The van der Waals surface area contributed by atoms with E-state index in [0.717, 1.165) is 40.8 Å². The molecule has 1 fully saturated rings. The Labute approximate surface area is 158 Å². The quantitative estimate of drug-likeness (QED) is 0.725. The number of imidazole rings is 1. The van der Waals surface area contributed by atoms with Crippen molar-refractivity contribution >= 4 is 16.9 Å². The molecular formula is C20H25N5O2. The second-order valence-corrected chi connectivity index (χ2v) is 7.30. The number of benzene rings is 1. The van der Waals surface area contributed by atoms with Crippen LogP contribution < -0.4 is 0 Å². The molecule has 1 amide bonds. The van der Waals surface area contributed by atoms with E-state index in [-0.39, 0.29) is 12.5 Å². The third-order valence-electron chi connectivity index (χ3n) is 5.44. The second-order valence-electron chi connectivity index (χ2n) is 7.30. The van der Waals surface area contributed by atoms with Crippen LogP contribution in [-0.4, -0.2) is 47.9 Å². The predicted molar refractivity (Wildman–Crippen MR) is 102 cm³/mol. The lowest BCUT2D eigenvalue weighted by molar-refractivity contribution is 0.0729. The maximum atomic E-state index is 13.3. The van der Waals surface area contributed by atoms with Gasteiger partial charge in [-0.15, -0.1) is 0 Å². The molecule has 142 valence electrons. The maximum Gasteiger partial charge on any atom is 0.254 e. The summed E-state index contributed by atoms with van der Waals surface area (Å²) in [6.45, 7) is 5.19. The van der Waals surface area contributed by atoms with Gasteiger partial charge in [0.05, 0.1) is 29.7 Å². The zero-order chi connectivity index (χ0) is 19.1. The van der Waals surface area contributed by atoms with Gasteiger partial charge < -0.3 is 14.6 Å². The van der Waals surface area contributed by atoms with Crippen LogP contribution in [0.15, 0.2) is 24.5 Å². The fourth-order valence-corrected chi connectivity index (χ4v) is 3.62. The molecule has 2 heterocycles. The Bertz CT molecular complexity index is 999. The average Bonchev–Trinajstić information content (AvgIpc) is 3.37. The molecule has 0 spiro atoms. The minimum absolute atomic E-state index is 0.0405. The van der Waals surface area contributed by atoms with Crippen LogP contribution in [0.1, 0.15) is 40.2 Å². The Kier molecular flexibility index (Phi) is 4.47. The molecule has 2 aromatic heterocycles. The van der Waals surface area contributed by atoms with Gasteiger partial charge >= 0.3 is 0 Å². The Morgan fingerprint density at radius 2 is 2.11 bits per heavy atom. The van der Waals surface area contributed by atoms with E-state index in [1.807, 2.05) is 53.2 Å². The molecule has 1 aromatic carbocycles. The van der Waals surface area contributed by atoms with Crippen molar-refractivity contribution in [3.63, 3.8) is 0 Å². The normalized spacial score (nSPS) is 14.1. The molecule has 3 aromatic rings. The summed E-state index contributed by atoms with van der Waals surface area (Å²) >= 11 is 0. The Morgan fingerprint density at radius 1 is 1.33 bits per heavy atom. The second kappa shape index (κ2) is 6.81. The smallest absolute Gasteiger partial charge is 0.254 e. The van der Waals surface area contributed by atoms with Gasteiger partial charge in [-0.3, -0.25) is 9.48 Å². The Hall–Kier alpha value is -2.67. The number of carbonyl (C=O) groups excluding carboxylic acids is 1. The Balaban J connectivity index is 1.63. The minimum atomic E-state index is 0.0405. The molecule has 0 radical (unpaired) electrons. The molecule has 4 rings (SSSR count). The highest BCUT2D eigenvalue weighted by molar-refractivity contribution is 5.97. The first kappa shape index (κ1) is 17.7. The third-order valence-corrected chi connectivity index (χ3v) is 5.44. The third kappa shape index (κ3) is 3.23. The van der Waals surface area contributed by atoms with Gasteiger partial charge in [-0.1, -0.05) is 0 Å². The first-order chi connectivity index (χ1) is 13.0. The van der Waals surface area contributed by atoms with Crippen LogP contribution in [0.5, 0.6) is 0 Å². The molecule has 1 aliphatic carbocycles. The molecule has 7 heteroatoms. The molecule has 27 heavy (non-hydrogen) atoms. The average molecular weight is 367 g/mol. The van der Waals surface area contributed by atoms with Gasteiger partial charge in [-0.05, 0) is 44.9 Å². The molecule has 1 aliphatic rings. The summed E-state index contributed by atoms with van der Waals surface area (Å²) in [5.74, 6) is 0.0405. The van der Waals surface area contributed by atoms with Crippen molar-refractivity contribution in [1.29, 1.82) is 0 Å². The highest BCUT2D eigenvalue weighted by Crippen LogP contribution is 2.31. The van der Waals surface area contributed by atoms with E-state index in [1.165, 1.54) is 0 Å². The molecule has 1 N–H and O–H groups in total. The maximum absolute atomic E-state index is 13.3. The van der Waals surface area contributed by atoms with Crippen LogP contribution in [0.3, 0.4) is 0 Å². The van der Waals surface area contributed by atoms with Gasteiger partial charge in [0.1, 0.15) is 0 Å². The topological polar surface area (TPSA) is 76.2 Å². The number of aliphatic hydroxyl groups is 1. The summed E-state index contributed by atoms with van der Waals surface area (Å²) < 4.78 is 3.77. The number of hydrogen-bond acceptors (Lipinski definition) is 4. The van der Waals surface area contributed by atoms with Gasteiger partial charge in [-0.25, -0.2) is 4.98 Å². The van der Waals surface area contributed by atoms with Crippen molar-refractivity contribution in [2.45, 2.75) is 45.8 Å². The van der Waals surface area contributed by atoms with Gasteiger partial charge in [-0.2, -0.15) is 5.10 Å². The lowest BCUT2D eigenvalue weighted by atomic mass is 10.1. The number of rotatable bonds is 6. The molecule has 0 atom stereocenters. The van der Waals surface area contributed by atoms with Crippen molar-refractivity contribution < 1.29 is 9.90 Å². The van der Waals surface area contributed by atoms with Crippen molar-refractivity contribution in [3.8, 4) is 0 Å². The molecule has 0 aliphatic heterocycles. The van der Waals surface area contributed by atoms with E-state index in [2.05, 4.69) is 10.1 Å². The predicted octanol–water partition coefficient (Wildman–Crippen LogP) is 2.18. The van der Waals surface area contributed by atoms with Crippen LogP contribution >= 0.6 is 0 Å². The molecule has 0 unspecified atom stereocenters. The first-order valence-electron chi connectivity index (χ1n) is 9.35. The highest BCUT2D eigenvalue weighted by atomic mass is 16.3. The number of aliphatic hydroxyl groups excluding tert-OH is 1. The van der Waals surface area contributed by atoms with Crippen molar-refractivity contribution in [1.82, 2.24) is 24.2 Å². The zero-order valence-corrected chi connectivity index (χ0v) is 16.0. The minimum Gasteiger partial charge on any atom is -0.395 e. The monoisotopic (exact) mass is 367 g/mol. The first-order valence-corrected chi connectivity index (χ1v) is 9.35. The highest BCUT2D eigenvalue weighted by Gasteiger charge is 2.34. The van der Waals surface area contributed by atoms with Crippen LogP contribution in [0.2, 0.25) is 0 Å². The van der Waals surface area contributed by atoms with Crippen LogP contribution in [-0.2, 0) is 20.1 Å². The number of nitrogens with zero attached hydrogens (tertiary/aromatic N) is 5. The molecule has 0 bridgehead atoms. The van der Waals surface area contributed by atoms with E-state index in [1.54, 1.807) is 6.33 Å². The van der Waals surface area contributed by atoms with Crippen molar-refractivity contribution in [2.24, 2.45) is 7.05 Å². The summed E-state index contributed by atoms with van der Waals surface area (Å²) in [7, 11) is 1.94. The van der Waals surface area contributed by atoms with E-state index >= 15 is 0 Å². The fourth-order valence-electron chi connectivity index (χ4n) is 3.62. The molecule has 0 saturated heterocycles. The largest absolute Gasteiger partial charge is 0.395 e. The summed E-state index contributed by atoms with van der Waals surface area (Å²) in [5, 5.41) is 13.6. The molecular weight excluding hydrogens is 342 g/mol. The summed E-state index contributed by atoms with van der Waals surface area (Å²) in [5.41, 5.74) is 5.57. The lowest BCUT2D eigenvalue weighted by Gasteiger charge is -2.23. The number of fused-ring (bicyclic) bond motifs is 1. The van der Waals surface area contributed by atoms with Gasteiger partial charge in [0.25, 0.3) is 5.91 Å².